The topological polar surface area (TPSA) is 67.4 Å². The maximum atomic E-state index is 13.4. The van der Waals surface area contributed by atoms with Gasteiger partial charge in [-0.05, 0) is 29.8 Å². The van der Waals surface area contributed by atoms with Gasteiger partial charge in [0.1, 0.15) is 5.75 Å². The molecule has 0 heterocycles. The Morgan fingerprint density at radius 1 is 0.958 bits per heavy atom. The van der Waals surface area contributed by atoms with E-state index in [-0.39, 0.29) is 6.54 Å². The van der Waals surface area contributed by atoms with E-state index >= 15 is 0 Å². The molecule has 0 atom stereocenters. The minimum Gasteiger partial charge on any atom is -0.497 e. The van der Waals surface area contributed by atoms with Gasteiger partial charge in [-0.2, -0.15) is 0 Å². The number of carbonyl (C=O) groups is 2. The Kier molecular flexibility index (Phi) is 5.41. The van der Waals surface area contributed by atoms with Gasteiger partial charge in [0.05, 0.1) is 12.8 Å². The fraction of sp³-hybridized carbons (Fsp3) is 0.125. The Balaban J connectivity index is 1.95. The van der Waals surface area contributed by atoms with Gasteiger partial charge < -0.3 is 15.4 Å². The Bertz CT molecular complexity index is 764. The second-order valence-electron chi connectivity index (χ2n) is 4.71. The van der Waals surface area contributed by atoms with Gasteiger partial charge in [-0.1, -0.05) is 12.1 Å². The summed E-state index contributed by atoms with van der Waals surface area (Å²) in [6.07, 6.45) is 0. The van der Waals surface area contributed by atoms with E-state index in [1.165, 1.54) is 7.11 Å². The van der Waals surface area contributed by atoms with Crippen LogP contribution in [-0.4, -0.2) is 18.9 Å². The normalized spacial score (nSPS) is 10.2. The third kappa shape index (κ3) is 4.03. The minimum absolute atomic E-state index is 0.0521. The first-order valence-electron chi connectivity index (χ1n) is 6.78. The number of rotatable bonds is 4. The molecule has 24 heavy (non-hydrogen) atoms. The van der Waals surface area contributed by atoms with Crippen molar-refractivity contribution in [3.05, 3.63) is 59.4 Å². The van der Waals surface area contributed by atoms with Crippen LogP contribution in [0, 0.1) is 17.5 Å². The zero-order chi connectivity index (χ0) is 17.7. The van der Waals surface area contributed by atoms with Crippen LogP contribution in [0.2, 0.25) is 0 Å². The number of carbonyl (C=O) groups excluding carboxylic acids is 2. The zero-order valence-electron chi connectivity index (χ0n) is 12.5. The molecule has 2 aromatic carbocycles. The van der Waals surface area contributed by atoms with E-state index in [1.807, 2.05) is 5.32 Å². The predicted molar refractivity (Wildman–Crippen MR) is 79.8 cm³/mol. The summed E-state index contributed by atoms with van der Waals surface area (Å²) in [6.45, 7) is 0.0521. The van der Waals surface area contributed by atoms with Crippen LogP contribution >= 0.6 is 0 Å². The van der Waals surface area contributed by atoms with E-state index in [1.54, 1.807) is 24.3 Å². The smallest absolute Gasteiger partial charge is 0.313 e. The molecule has 0 fully saturated rings. The van der Waals surface area contributed by atoms with Crippen LogP contribution in [0.3, 0.4) is 0 Å². The molecule has 2 rings (SSSR count). The first kappa shape index (κ1) is 17.3. The molecule has 2 amide bonds. The first-order valence-corrected chi connectivity index (χ1v) is 6.78. The molecule has 5 nitrogen and oxygen atoms in total. The molecule has 2 N–H and O–H groups in total. The van der Waals surface area contributed by atoms with Gasteiger partial charge in [-0.25, -0.2) is 13.2 Å². The summed E-state index contributed by atoms with van der Waals surface area (Å²) >= 11 is 0. The number of anilines is 1. The van der Waals surface area contributed by atoms with E-state index in [9.17, 15) is 22.8 Å². The molecule has 0 aliphatic heterocycles. The molecule has 0 radical (unpaired) electrons. The standard InChI is InChI=1S/C16H13F3N2O3/c1-24-10-4-2-9(3-5-10)8-20-15(22)16(23)21-12-7-6-11(17)13(18)14(12)19/h2-7H,8H2,1H3,(H,20,22)(H,21,23). The molecule has 2 aromatic rings. The predicted octanol–water partition coefficient (Wildman–Crippen LogP) is 2.37. The van der Waals surface area contributed by atoms with E-state index in [2.05, 4.69) is 5.32 Å². The lowest BCUT2D eigenvalue weighted by Gasteiger charge is -2.08. The van der Waals surface area contributed by atoms with E-state index in [4.69, 9.17) is 4.74 Å². The second-order valence-corrected chi connectivity index (χ2v) is 4.71. The molecule has 0 spiro atoms. The van der Waals surface area contributed by atoms with Gasteiger partial charge >= 0.3 is 11.8 Å². The Morgan fingerprint density at radius 2 is 1.62 bits per heavy atom. The van der Waals surface area contributed by atoms with Crippen molar-refractivity contribution in [2.24, 2.45) is 0 Å². The Morgan fingerprint density at radius 3 is 2.25 bits per heavy atom. The highest BCUT2D eigenvalue weighted by atomic mass is 19.2. The molecular weight excluding hydrogens is 325 g/mol. The highest BCUT2D eigenvalue weighted by molar-refractivity contribution is 6.39. The first-order chi connectivity index (χ1) is 11.4. The second kappa shape index (κ2) is 7.49. The molecule has 126 valence electrons. The molecule has 0 unspecified atom stereocenters. The third-order valence-corrected chi connectivity index (χ3v) is 3.10. The van der Waals surface area contributed by atoms with Gasteiger partial charge in [0.25, 0.3) is 0 Å². The third-order valence-electron chi connectivity index (χ3n) is 3.10. The summed E-state index contributed by atoms with van der Waals surface area (Å²) in [5.74, 6) is -6.31. The van der Waals surface area contributed by atoms with Gasteiger partial charge in [-0.15, -0.1) is 0 Å². The molecule has 0 saturated heterocycles. The lowest BCUT2D eigenvalue weighted by Crippen LogP contribution is -2.35. The number of methoxy groups -OCH3 is 1. The maximum absolute atomic E-state index is 13.4. The largest absolute Gasteiger partial charge is 0.497 e. The SMILES string of the molecule is COc1ccc(CNC(=O)C(=O)Nc2ccc(F)c(F)c2F)cc1. The fourth-order valence-corrected chi connectivity index (χ4v) is 1.81. The van der Waals surface area contributed by atoms with Crippen molar-refractivity contribution in [1.82, 2.24) is 5.32 Å². The molecule has 0 saturated carbocycles. The Hall–Kier alpha value is -3.03. The van der Waals surface area contributed by atoms with Crippen molar-refractivity contribution >= 4 is 17.5 Å². The van der Waals surface area contributed by atoms with Crippen LogP contribution in [0.25, 0.3) is 0 Å². The number of ether oxygens (including phenoxy) is 1. The summed E-state index contributed by atoms with van der Waals surface area (Å²) in [7, 11) is 1.51. The van der Waals surface area contributed by atoms with Crippen LogP contribution in [0.1, 0.15) is 5.56 Å². The highest BCUT2D eigenvalue weighted by Crippen LogP contribution is 2.19. The maximum Gasteiger partial charge on any atom is 0.313 e. The zero-order valence-corrected chi connectivity index (χ0v) is 12.5. The summed E-state index contributed by atoms with van der Waals surface area (Å²) in [5, 5.41) is 4.20. The van der Waals surface area contributed by atoms with Crippen molar-refractivity contribution < 1.29 is 27.5 Å². The van der Waals surface area contributed by atoms with Crippen LogP contribution in [0.15, 0.2) is 36.4 Å². The summed E-state index contributed by atoms with van der Waals surface area (Å²) in [6, 6.07) is 8.19. The molecule has 8 heteroatoms. The van der Waals surface area contributed by atoms with Crippen molar-refractivity contribution in [2.45, 2.75) is 6.54 Å². The number of halogens is 3. The van der Waals surface area contributed by atoms with Crippen LogP contribution in [-0.2, 0) is 16.1 Å². The molecule has 0 aliphatic carbocycles. The number of benzene rings is 2. The van der Waals surface area contributed by atoms with Gasteiger partial charge in [0.15, 0.2) is 17.5 Å². The number of amides is 2. The lowest BCUT2D eigenvalue weighted by atomic mass is 10.2. The highest BCUT2D eigenvalue weighted by Gasteiger charge is 2.19. The molecular formula is C16H13F3N2O3. The van der Waals surface area contributed by atoms with Crippen molar-refractivity contribution in [3.8, 4) is 5.75 Å². The summed E-state index contributed by atoms with van der Waals surface area (Å²) < 4.78 is 44.3. The van der Waals surface area contributed by atoms with Gasteiger partial charge in [0, 0.05) is 6.54 Å². The van der Waals surface area contributed by atoms with E-state index in [0.717, 1.165) is 6.07 Å². The quantitative estimate of drug-likeness (QED) is 0.664. The monoisotopic (exact) mass is 338 g/mol. The van der Waals surface area contributed by atoms with Crippen LogP contribution in [0.5, 0.6) is 5.75 Å². The van der Waals surface area contributed by atoms with Crippen molar-refractivity contribution in [2.75, 3.05) is 12.4 Å². The van der Waals surface area contributed by atoms with Gasteiger partial charge in [-0.3, -0.25) is 9.59 Å². The minimum atomic E-state index is -1.73. The molecule has 0 aliphatic rings. The van der Waals surface area contributed by atoms with Crippen molar-refractivity contribution in [3.63, 3.8) is 0 Å². The summed E-state index contributed by atoms with van der Waals surface area (Å²) in [4.78, 5) is 23.3. The van der Waals surface area contributed by atoms with Gasteiger partial charge in [0.2, 0.25) is 0 Å². The van der Waals surface area contributed by atoms with Crippen LogP contribution in [0.4, 0.5) is 18.9 Å². The number of nitrogens with one attached hydrogen (secondary N) is 2. The fourth-order valence-electron chi connectivity index (χ4n) is 1.81. The van der Waals surface area contributed by atoms with Crippen LogP contribution < -0.4 is 15.4 Å². The number of hydrogen-bond acceptors (Lipinski definition) is 3. The average molecular weight is 338 g/mol. The number of hydrogen-bond donors (Lipinski definition) is 2. The average Bonchev–Trinajstić information content (AvgIpc) is 2.60. The van der Waals surface area contributed by atoms with E-state index < -0.39 is 35.0 Å². The van der Waals surface area contributed by atoms with E-state index in [0.29, 0.717) is 17.4 Å². The Labute approximate surface area is 135 Å². The van der Waals surface area contributed by atoms with Crippen molar-refractivity contribution in [1.29, 1.82) is 0 Å². The lowest BCUT2D eigenvalue weighted by molar-refractivity contribution is -0.136. The molecule has 0 aromatic heterocycles. The summed E-state index contributed by atoms with van der Waals surface area (Å²) in [5.41, 5.74) is 0.0782. The molecule has 0 bridgehead atoms.